The molecular formula is C27H17Br2NO4. The molecule has 168 valence electrons. The molecule has 3 N–H and O–H groups in total. The number of carbonyl (C=O) groups excluding carboxylic acids is 2. The normalized spacial score (nSPS) is 12.3. The molecule has 4 aromatic rings. The second-order valence-corrected chi connectivity index (χ2v) is 9.59. The summed E-state index contributed by atoms with van der Waals surface area (Å²) < 4.78 is 1.47. The van der Waals surface area contributed by atoms with Crippen molar-refractivity contribution in [2.24, 2.45) is 0 Å². The van der Waals surface area contributed by atoms with Gasteiger partial charge in [0.25, 0.3) is 0 Å². The molecule has 0 aromatic heterocycles. The predicted molar refractivity (Wildman–Crippen MR) is 138 cm³/mol. The van der Waals surface area contributed by atoms with Crippen molar-refractivity contribution >= 4 is 54.8 Å². The molecule has 0 unspecified atom stereocenters. The average molecular weight is 579 g/mol. The lowest BCUT2D eigenvalue weighted by atomic mass is 9.82. The van der Waals surface area contributed by atoms with Crippen LogP contribution in [0.1, 0.15) is 37.4 Å². The number of anilines is 2. The number of hydrogen-bond donors (Lipinski definition) is 3. The number of phenols is 1. The molecule has 5 nitrogen and oxygen atoms in total. The number of aliphatic hydroxyl groups is 1. The molecule has 0 amide bonds. The van der Waals surface area contributed by atoms with Crippen LogP contribution in [0.25, 0.3) is 11.1 Å². The molecule has 0 fully saturated rings. The van der Waals surface area contributed by atoms with Crippen LogP contribution in [0, 0.1) is 0 Å². The van der Waals surface area contributed by atoms with E-state index in [1.54, 1.807) is 30.3 Å². The third kappa shape index (κ3) is 3.76. The maximum absolute atomic E-state index is 13.3. The zero-order valence-electron chi connectivity index (χ0n) is 17.6. The van der Waals surface area contributed by atoms with E-state index in [-0.39, 0.29) is 40.6 Å². The minimum Gasteiger partial charge on any atom is -0.507 e. The van der Waals surface area contributed by atoms with E-state index in [4.69, 9.17) is 0 Å². The molecule has 1 aliphatic carbocycles. The average Bonchev–Trinajstić information content (AvgIpc) is 2.85. The first-order chi connectivity index (χ1) is 16.4. The molecule has 1 aliphatic rings. The third-order valence-electron chi connectivity index (χ3n) is 5.83. The van der Waals surface area contributed by atoms with Crippen LogP contribution in [0.2, 0.25) is 0 Å². The fourth-order valence-corrected chi connectivity index (χ4v) is 5.49. The van der Waals surface area contributed by atoms with Gasteiger partial charge in [-0.05, 0) is 72.8 Å². The van der Waals surface area contributed by atoms with Gasteiger partial charge in [-0.15, -0.1) is 0 Å². The number of halogens is 2. The maximum atomic E-state index is 13.3. The maximum Gasteiger partial charge on any atom is 0.198 e. The Morgan fingerprint density at radius 2 is 1.32 bits per heavy atom. The quantitative estimate of drug-likeness (QED) is 0.209. The van der Waals surface area contributed by atoms with Crippen LogP contribution in [0.3, 0.4) is 0 Å². The van der Waals surface area contributed by atoms with Crippen LogP contribution >= 0.6 is 31.9 Å². The molecule has 0 saturated carbocycles. The zero-order valence-corrected chi connectivity index (χ0v) is 20.8. The smallest absolute Gasteiger partial charge is 0.198 e. The number of carbonyl (C=O) groups is 2. The molecule has 0 heterocycles. The zero-order chi connectivity index (χ0) is 24.0. The van der Waals surface area contributed by atoms with Crippen LogP contribution in [-0.2, 0) is 6.61 Å². The first kappa shape index (κ1) is 22.5. The molecule has 0 radical (unpaired) electrons. The Morgan fingerprint density at radius 1 is 0.735 bits per heavy atom. The molecule has 34 heavy (non-hydrogen) atoms. The van der Waals surface area contributed by atoms with Crippen molar-refractivity contribution in [3.05, 3.63) is 110 Å². The molecule has 0 saturated heterocycles. The number of fused-ring (bicyclic) bond motifs is 2. The van der Waals surface area contributed by atoms with E-state index in [1.165, 1.54) is 6.07 Å². The second kappa shape index (κ2) is 8.83. The first-order valence-corrected chi connectivity index (χ1v) is 12.0. The number of rotatable bonds is 4. The highest BCUT2D eigenvalue weighted by Gasteiger charge is 2.34. The van der Waals surface area contributed by atoms with Gasteiger partial charge in [-0.1, -0.05) is 48.5 Å². The molecule has 0 atom stereocenters. The van der Waals surface area contributed by atoms with E-state index in [9.17, 15) is 19.8 Å². The second-order valence-electron chi connectivity index (χ2n) is 7.88. The Labute approximate surface area is 212 Å². The van der Waals surface area contributed by atoms with E-state index in [0.717, 1.165) is 25.6 Å². The van der Waals surface area contributed by atoms with Crippen LogP contribution < -0.4 is 5.32 Å². The Kier molecular flexibility index (Phi) is 5.85. The van der Waals surface area contributed by atoms with Gasteiger partial charge in [0.15, 0.2) is 11.6 Å². The molecule has 0 aliphatic heterocycles. The summed E-state index contributed by atoms with van der Waals surface area (Å²) in [7, 11) is 0. The van der Waals surface area contributed by atoms with E-state index in [0.29, 0.717) is 16.9 Å². The fraction of sp³-hybridized carbons (Fsp3) is 0.0370. The highest BCUT2D eigenvalue weighted by Crippen LogP contribution is 2.42. The molecular weight excluding hydrogens is 562 g/mol. The van der Waals surface area contributed by atoms with Crippen LogP contribution in [0.4, 0.5) is 11.4 Å². The number of phenolic OH excluding ortho intramolecular Hbond substituents is 1. The number of hydrogen-bond acceptors (Lipinski definition) is 5. The minimum absolute atomic E-state index is 0.00142. The highest BCUT2D eigenvalue weighted by atomic mass is 79.9. The number of aliphatic hydroxyl groups excluding tert-OH is 1. The van der Waals surface area contributed by atoms with Crippen molar-refractivity contribution in [2.45, 2.75) is 6.61 Å². The fourth-order valence-electron chi connectivity index (χ4n) is 4.11. The molecule has 7 heteroatoms. The summed E-state index contributed by atoms with van der Waals surface area (Å²) >= 11 is 7.22. The summed E-state index contributed by atoms with van der Waals surface area (Å²) in [4.78, 5) is 26.4. The Bertz CT molecular complexity index is 1460. The van der Waals surface area contributed by atoms with Gasteiger partial charge in [-0.2, -0.15) is 0 Å². The Balaban J connectivity index is 1.57. The summed E-state index contributed by atoms with van der Waals surface area (Å²) in [6.07, 6.45) is 0. The summed E-state index contributed by atoms with van der Waals surface area (Å²) in [5.74, 6) is -0.934. The van der Waals surface area contributed by atoms with Gasteiger partial charge < -0.3 is 15.5 Å². The molecule has 5 rings (SSSR count). The lowest BCUT2D eigenvalue weighted by Crippen LogP contribution is -2.22. The number of benzene rings is 4. The van der Waals surface area contributed by atoms with Gasteiger partial charge in [0, 0.05) is 20.1 Å². The topological polar surface area (TPSA) is 86.6 Å². The van der Waals surface area contributed by atoms with E-state index >= 15 is 0 Å². The standard InChI is InChI=1S/C27H17Br2NO4/c28-19-11-16(15-7-5-14(13-31)6-8-15)12-20(29)25(19)30-21-9-10-22(32)24-23(21)26(33)17-3-1-2-4-18(17)27(24)34/h1-12,30-32H,13H2. The van der Waals surface area contributed by atoms with Gasteiger partial charge in [-0.3, -0.25) is 9.59 Å². The number of ketones is 2. The highest BCUT2D eigenvalue weighted by molar-refractivity contribution is 9.11. The van der Waals surface area contributed by atoms with Crippen molar-refractivity contribution < 1.29 is 19.8 Å². The lowest BCUT2D eigenvalue weighted by molar-refractivity contribution is 0.0977. The van der Waals surface area contributed by atoms with Crippen molar-refractivity contribution in [1.82, 2.24) is 0 Å². The summed E-state index contributed by atoms with van der Waals surface area (Å²) in [6, 6.07) is 21.1. The van der Waals surface area contributed by atoms with E-state index in [2.05, 4.69) is 37.2 Å². The largest absolute Gasteiger partial charge is 0.507 e. The van der Waals surface area contributed by atoms with Crippen LogP contribution in [0.5, 0.6) is 5.75 Å². The van der Waals surface area contributed by atoms with Crippen molar-refractivity contribution in [2.75, 3.05) is 5.32 Å². The van der Waals surface area contributed by atoms with Gasteiger partial charge in [0.2, 0.25) is 0 Å². The summed E-state index contributed by atoms with van der Waals surface area (Å²) in [5, 5.41) is 23.0. The SMILES string of the molecule is O=C1c2ccccc2C(=O)c2c(Nc3c(Br)cc(-c4ccc(CO)cc4)cc3Br)ccc(O)c21. The molecule has 0 bridgehead atoms. The van der Waals surface area contributed by atoms with Crippen molar-refractivity contribution in [3.63, 3.8) is 0 Å². The minimum atomic E-state index is -0.383. The van der Waals surface area contributed by atoms with Gasteiger partial charge in [-0.25, -0.2) is 0 Å². The Morgan fingerprint density at radius 3 is 1.91 bits per heavy atom. The monoisotopic (exact) mass is 577 g/mol. The van der Waals surface area contributed by atoms with Gasteiger partial charge in [0.05, 0.1) is 29.1 Å². The van der Waals surface area contributed by atoms with Crippen molar-refractivity contribution in [1.29, 1.82) is 0 Å². The van der Waals surface area contributed by atoms with Crippen molar-refractivity contribution in [3.8, 4) is 16.9 Å². The van der Waals surface area contributed by atoms with Crippen LogP contribution in [0.15, 0.2) is 81.7 Å². The number of aromatic hydroxyl groups is 1. The molecule has 4 aromatic carbocycles. The lowest BCUT2D eigenvalue weighted by Gasteiger charge is -2.22. The third-order valence-corrected chi connectivity index (χ3v) is 7.08. The predicted octanol–water partition coefficient (Wildman–Crippen LogP) is 6.60. The summed E-state index contributed by atoms with van der Waals surface area (Å²) in [6.45, 7) is -0.0147. The van der Waals surface area contributed by atoms with Gasteiger partial charge in [0.1, 0.15) is 5.75 Å². The van der Waals surface area contributed by atoms with E-state index in [1.807, 2.05) is 36.4 Å². The summed E-state index contributed by atoms with van der Waals surface area (Å²) in [5.41, 5.74) is 4.58. The first-order valence-electron chi connectivity index (χ1n) is 10.4. The van der Waals surface area contributed by atoms with Gasteiger partial charge >= 0.3 is 0 Å². The van der Waals surface area contributed by atoms with Crippen LogP contribution in [-0.4, -0.2) is 21.8 Å². The van der Waals surface area contributed by atoms with E-state index < -0.39 is 0 Å². The number of nitrogens with one attached hydrogen (secondary N) is 1. The Hall–Kier alpha value is -3.26. The molecule has 0 spiro atoms.